The third-order valence-corrected chi connectivity index (χ3v) is 4.38. The van der Waals surface area contributed by atoms with Crippen molar-refractivity contribution in [3.8, 4) is 0 Å². The molecule has 0 fully saturated rings. The minimum atomic E-state index is -4.34. The lowest BCUT2D eigenvalue weighted by Crippen LogP contribution is -2.22. The first kappa shape index (κ1) is 19.0. The molecule has 0 spiro atoms. The summed E-state index contributed by atoms with van der Waals surface area (Å²) >= 11 is -0.208. The van der Waals surface area contributed by atoms with Gasteiger partial charge in [-0.15, -0.1) is 0 Å². The Kier molecular flexibility index (Phi) is 5.80. The number of nitrogens with zero attached hydrogens (tertiary/aromatic N) is 3. The van der Waals surface area contributed by atoms with Gasteiger partial charge in [0, 0.05) is 17.0 Å². The first-order chi connectivity index (χ1) is 12.9. The second-order valence-electron chi connectivity index (χ2n) is 5.66. The molecule has 3 rings (SSSR count). The van der Waals surface area contributed by atoms with Crippen LogP contribution in [0, 0.1) is 0 Å². The van der Waals surface area contributed by atoms with Crippen LogP contribution >= 0.6 is 11.8 Å². The Morgan fingerprint density at radius 3 is 2.30 bits per heavy atom. The first-order valence-corrected chi connectivity index (χ1v) is 8.75. The van der Waals surface area contributed by atoms with E-state index in [4.69, 9.17) is 0 Å². The van der Waals surface area contributed by atoms with Gasteiger partial charge in [-0.1, -0.05) is 24.3 Å². The molecule has 0 aliphatic carbocycles. The van der Waals surface area contributed by atoms with E-state index >= 15 is 0 Å². The van der Waals surface area contributed by atoms with Gasteiger partial charge in [0.2, 0.25) is 0 Å². The number of aromatic nitrogens is 3. The van der Waals surface area contributed by atoms with Crippen molar-refractivity contribution in [1.82, 2.24) is 20.1 Å². The van der Waals surface area contributed by atoms with Gasteiger partial charge in [0.15, 0.2) is 0 Å². The molecule has 0 bridgehead atoms. The molecule has 1 amide bonds. The summed E-state index contributed by atoms with van der Waals surface area (Å²) in [6.45, 7) is 0.927. The van der Waals surface area contributed by atoms with Gasteiger partial charge in [-0.05, 0) is 47.2 Å². The summed E-state index contributed by atoms with van der Waals surface area (Å²) in [6, 6.07) is 13.0. The zero-order valence-electron chi connectivity index (χ0n) is 14.0. The lowest BCUT2D eigenvalue weighted by Gasteiger charge is -2.08. The van der Waals surface area contributed by atoms with Crippen molar-refractivity contribution in [2.45, 2.75) is 23.5 Å². The normalized spacial score (nSPS) is 11.4. The van der Waals surface area contributed by atoms with E-state index < -0.39 is 5.51 Å². The van der Waals surface area contributed by atoms with Crippen molar-refractivity contribution in [3.63, 3.8) is 0 Å². The van der Waals surface area contributed by atoms with E-state index in [2.05, 4.69) is 15.4 Å². The van der Waals surface area contributed by atoms with Gasteiger partial charge in [0.1, 0.15) is 12.7 Å². The highest BCUT2D eigenvalue weighted by atomic mass is 32.2. The lowest BCUT2D eigenvalue weighted by atomic mass is 10.1. The molecule has 0 saturated carbocycles. The Hall–Kier alpha value is -2.81. The van der Waals surface area contributed by atoms with Crippen molar-refractivity contribution in [3.05, 3.63) is 77.9 Å². The number of thioether (sulfide) groups is 1. The molecule has 140 valence electrons. The summed E-state index contributed by atoms with van der Waals surface area (Å²) in [5.41, 5.74) is -2.07. The number of amides is 1. The lowest BCUT2D eigenvalue weighted by molar-refractivity contribution is -0.0328. The van der Waals surface area contributed by atoms with E-state index in [0.29, 0.717) is 18.7 Å². The number of carbonyl (C=O) groups is 1. The highest BCUT2D eigenvalue weighted by Gasteiger charge is 2.29. The Labute approximate surface area is 157 Å². The zero-order valence-corrected chi connectivity index (χ0v) is 14.8. The number of alkyl halides is 3. The minimum Gasteiger partial charge on any atom is -0.348 e. The zero-order chi connectivity index (χ0) is 19.3. The Morgan fingerprint density at radius 2 is 1.70 bits per heavy atom. The number of nitrogens with one attached hydrogen (secondary N) is 1. The Bertz CT molecular complexity index is 878. The van der Waals surface area contributed by atoms with Crippen molar-refractivity contribution < 1.29 is 18.0 Å². The van der Waals surface area contributed by atoms with Crippen LogP contribution in [0.1, 0.15) is 21.5 Å². The van der Waals surface area contributed by atoms with Gasteiger partial charge in [-0.3, -0.25) is 4.79 Å². The predicted molar refractivity (Wildman–Crippen MR) is 95.1 cm³/mol. The van der Waals surface area contributed by atoms with Gasteiger partial charge in [-0.2, -0.15) is 18.3 Å². The fraction of sp³-hybridized carbons (Fsp3) is 0.167. The van der Waals surface area contributed by atoms with E-state index in [1.54, 1.807) is 11.0 Å². The molecule has 5 nitrogen and oxygen atoms in total. The second-order valence-corrected chi connectivity index (χ2v) is 6.80. The van der Waals surface area contributed by atoms with Crippen molar-refractivity contribution in [2.75, 3.05) is 0 Å². The standard InChI is InChI=1S/C18H15F3N4OS/c19-18(20,21)27-16-7-5-15(6-8-16)17(26)23-9-13-1-3-14(4-2-13)10-25-12-22-11-24-25/h1-8,11-12H,9-10H2,(H,23,26). The monoisotopic (exact) mass is 392 g/mol. The molecule has 3 aromatic rings. The van der Waals surface area contributed by atoms with Crippen molar-refractivity contribution in [1.29, 1.82) is 0 Å². The predicted octanol–water partition coefficient (Wildman–Crippen LogP) is 3.87. The molecular formula is C18H15F3N4OS. The molecule has 2 aromatic carbocycles. The van der Waals surface area contributed by atoms with Crippen LogP contribution in [0.15, 0.2) is 66.1 Å². The van der Waals surface area contributed by atoms with Crippen molar-refractivity contribution >= 4 is 17.7 Å². The first-order valence-electron chi connectivity index (χ1n) is 7.93. The smallest absolute Gasteiger partial charge is 0.348 e. The number of carbonyl (C=O) groups excluding carboxylic acids is 1. The molecule has 1 N–H and O–H groups in total. The summed E-state index contributed by atoms with van der Waals surface area (Å²) in [6.07, 6.45) is 3.10. The van der Waals surface area contributed by atoms with Crippen LogP contribution in [0.3, 0.4) is 0 Å². The van der Waals surface area contributed by atoms with Crippen LogP contribution in [0.25, 0.3) is 0 Å². The molecule has 0 unspecified atom stereocenters. The van der Waals surface area contributed by atoms with E-state index in [1.165, 1.54) is 30.6 Å². The van der Waals surface area contributed by atoms with Gasteiger partial charge in [0.25, 0.3) is 5.91 Å². The summed E-state index contributed by atoms with van der Waals surface area (Å²) < 4.78 is 38.7. The molecule has 0 saturated heterocycles. The maximum atomic E-state index is 12.3. The molecular weight excluding hydrogens is 377 g/mol. The van der Waals surface area contributed by atoms with Gasteiger partial charge in [-0.25, -0.2) is 9.67 Å². The van der Waals surface area contributed by atoms with E-state index in [-0.39, 0.29) is 22.6 Å². The van der Waals surface area contributed by atoms with E-state index in [1.807, 2.05) is 24.3 Å². The third-order valence-electron chi connectivity index (χ3n) is 3.64. The number of hydrogen-bond acceptors (Lipinski definition) is 4. The van der Waals surface area contributed by atoms with Gasteiger partial charge < -0.3 is 5.32 Å². The summed E-state index contributed by atoms with van der Waals surface area (Å²) in [4.78, 5) is 16.1. The van der Waals surface area contributed by atoms with Crippen LogP contribution in [0.2, 0.25) is 0 Å². The fourth-order valence-electron chi connectivity index (χ4n) is 2.36. The summed E-state index contributed by atoms with van der Waals surface area (Å²) in [5, 5.41) is 6.79. The fourth-order valence-corrected chi connectivity index (χ4v) is 2.90. The molecule has 1 heterocycles. The van der Waals surface area contributed by atoms with Gasteiger partial charge >= 0.3 is 5.51 Å². The van der Waals surface area contributed by atoms with Crippen LogP contribution in [-0.4, -0.2) is 26.2 Å². The minimum absolute atomic E-state index is 0.0435. The molecule has 0 aliphatic heterocycles. The number of halogens is 3. The molecule has 0 aliphatic rings. The van der Waals surface area contributed by atoms with Crippen LogP contribution in [-0.2, 0) is 13.1 Å². The summed E-state index contributed by atoms with van der Waals surface area (Å²) in [7, 11) is 0. The molecule has 0 atom stereocenters. The molecule has 0 radical (unpaired) electrons. The Balaban J connectivity index is 1.52. The third kappa shape index (κ3) is 5.85. The van der Waals surface area contributed by atoms with Gasteiger partial charge in [0.05, 0.1) is 6.54 Å². The maximum Gasteiger partial charge on any atom is 0.446 e. The van der Waals surface area contributed by atoms with Crippen LogP contribution in [0.4, 0.5) is 13.2 Å². The quantitative estimate of drug-likeness (QED) is 0.647. The van der Waals surface area contributed by atoms with Crippen LogP contribution < -0.4 is 5.32 Å². The average Bonchev–Trinajstić information content (AvgIpc) is 3.13. The van der Waals surface area contributed by atoms with E-state index in [9.17, 15) is 18.0 Å². The average molecular weight is 392 g/mol. The number of rotatable bonds is 6. The molecule has 1 aromatic heterocycles. The topological polar surface area (TPSA) is 59.8 Å². The van der Waals surface area contributed by atoms with Crippen molar-refractivity contribution in [2.24, 2.45) is 0 Å². The highest BCUT2D eigenvalue weighted by Crippen LogP contribution is 2.36. The molecule has 9 heteroatoms. The van der Waals surface area contributed by atoms with E-state index in [0.717, 1.165) is 11.1 Å². The number of benzene rings is 2. The highest BCUT2D eigenvalue weighted by molar-refractivity contribution is 8.00. The second kappa shape index (κ2) is 8.26. The molecule has 27 heavy (non-hydrogen) atoms. The largest absolute Gasteiger partial charge is 0.446 e. The van der Waals surface area contributed by atoms with Crippen LogP contribution in [0.5, 0.6) is 0 Å². The Morgan fingerprint density at radius 1 is 1.04 bits per heavy atom. The number of hydrogen-bond donors (Lipinski definition) is 1. The SMILES string of the molecule is O=C(NCc1ccc(Cn2cncn2)cc1)c1ccc(SC(F)(F)F)cc1. The maximum absolute atomic E-state index is 12.3. The summed E-state index contributed by atoms with van der Waals surface area (Å²) in [5.74, 6) is -0.342.